The van der Waals surface area contributed by atoms with Crippen LogP contribution in [0, 0.1) is 13.8 Å². The zero-order valence-corrected chi connectivity index (χ0v) is 11.3. The van der Waals surface area contributed by atoms with Crippen LogP contribution in [0.1, 0.15) is 27.2 Å². The van der Waals surface area contributed by atoms with Crippen LogP contribution in [0.15, 0.2) is 24.3 Å². The Labute approximate surface area is 112 Å². The average Bonchev–Trinajstić information content (AvgIpc) is 2.72. The molecule has 2 aromatic rings. The molecule has 0 fully saturated rings. The Morgan fingerprint density at radius 1 is 1.32 bits per heavy atom. The van der Waals surface area contributed by atoms with Gasteiger partial charge in [0.05, 0.1) is 6.61 Å². The summed E-state index contributed by atoms with van der Waals surface area (Å²) >= 11 is 0. The van der Waals surface area contributed by atoms with E-state index in [1.807, 2.05) is 26.0 Å². The van der Waals surface area contributed by atoms with E-state index in [0.717, 1.165) is 16.8 Å². The molecule has 100 valence electrons. The van der Waals surface area contributed by atoms with E-state index in [1.54, 1.807) is 19.2 Å². The molecule has 2 rings (SSSR count). The Kier molecular flexibility index (Phi) is 3.97. The van der Waals surface area contributed by atoms with Gasteiger partial charge in [-0.15, -0.1) is 0 Å². The van der Waals surface area contributed by atoms with Crippen molar-refractivity contribution in [2.75, 3.05) is 12.4 Å². The summed E-state index contributed by atoms with van der Waals surface area (Å²) in [5.74, 6) is 0.405. The summed E-state index contributed by atoms with van der Waals surface area (Å²) in [6.07, 6.45) is 0. The molecule has 2 N–H and O–H groups in total. The maximum Gasteiger partial charge on any atom is 0.256 e. The van der Waals surface area contributed by atoms with Gasteiger partial charge in [0.1, 0.15) is 0 Å². The van der Waals surface area contributed by atoms with E-state index in [2.05, 4.69) is 15.5 Å². The van der Waals surface area contributed by atoms with E-state index in [-0.39, 0.29) is 5.91 Å². The van der Waals surface area contributed by atoms with Crippen LogP contribution in [0.4, 0.5) is 5.82 Å². The number of rotatable bonds is 4. The molecule has 0 radical (unpaired) electrons. The number of carbonyl (C=O) groups excluding carboxylic acids is 1. The van der Waals surface area contributed by atoms with Crippen LogP contribution in [-0.2, 0) is 11.3 Å². The maximum atomic E-state index is 12.0. The number of benzene rings is 1. The number of aromatic amines is 1. The Bertz CT molecular complexity index is 573. The van der Waals surface area contributed by atoms with Crippen molar-refractivity contribution in [1.82, 2.24) is 10.2 Å². The quantitative estimate of drug-likeness (QED) is 0.886. The number of aryl methyl sites for hydroxylation is 1. The number of ether oxygens (including phenoxy) is 1. The molecule has 0 saturated heterocycles. The van der Waals surface area contributed by atoms with Crippen LogP contribution < -0.4 is 5.32 Å². The van der Waals surface area contributed by atoms with Crippen LogP contribution in [0.3, 0.4) is 0 Å². The van der Waals surface area contributed by atoms with Crippen LogP contribution in [0.5, 0.6) is 0 Å². The summed E-state index contributed by atoms with van der Waals surface area (Å²) in [4.78, 5) is 12.0. The number of anilines is 1. The number of nitrogens with one attached hydrogen (secondary N) is 2. The first-order chi connectivity index (χ1) is 9.11. The van der Waals surface area contributed by atoms with Crippen LogP contribution in [0.25, 0.3) is 0 Å². The van der Waals surface area contributed by atoms with Crippen molar-refractivity contribution in [3.63, 3.8) is 0 Å². The van der Waals surface area contributed by atoms with Gasteiger partial charge in [0.25, 0.3) is 5.91 Å². The lowest BCUT2D eigenvalue weighted by Crippen LogP contribution is -2.13. The molecule has 0 spiro atoms. The van der Waals surface area contributed by atoms with E-state index in [1.165, 1.54) is 0 Å². The third-order valence-corrected chi connectivity index (χ3v) is 3.01. The Hall–Kier alpha value is -2.14. The van der Waals surface area contributed by atoms with Gasteiger partial charge in [0.2, 0.25) is 0 Å². The molecule has 5 nitrogen and oxygen atoms in total. The predicted molar refractivity (Wildman–Crippen MR) is 73.2 cm³/mol. The number of hydrogen-bond acceptors (Lipinski definition) is 3. The minimum Gasteiger partial charge on any atom is -0.380 e. The van der Waals surface area contributed by atoms with Crippen molar-refractivity contribution < 1.29 is 9.53 Å². The number of hydrogen-bond donors (Lipinski definition) is 2. The second-order valence-electron chi connectivity index (χ2n) is 4.41. The summed E-state index contributed by atoms with van der Waals surface area (Å²) in [6, 6.07) is 7.30. The highest BCUT2D eigenvalue weighted by atomic mass is 16.5. The van der Waals surface area contributed by atoms with Crippen LogP contribution in [0.2, 0.25) is 0 Å². The van der Waals surface area contributed by atoms with E-state index in [4.69, 9.17) is 4.74 Å². The predicted octanol–water partition coefficient (Wildman–Crippen LogP) is 2.43. The third kappa shape index (κ3) is 3.00. The molecule has 1 heterocycles. The highest BCUT2D eigenvalue weighted by Gasteiger charge is 2.11. The van der Waals surface area contributed by atoms with E-state index < -0.39 is 0 Å². The highest BCUT2D eigenvalue weighted by Crippen LogP contribution is 2.15. The second kappa shape index (κ2) is 5.67. The lowest BCUT2D eigenvalue weighted by atomic mass is 10.1. The number of nitrogens with zero attached hydrogens (tertiary/aromatic N) is 1. The lowest BCUT2D eigenvalue weighted by Gasteiger charge is -2.04. The highest BCUT2D eigenvalue weighted by molar-refractivity contribution is 6.04. The fourth-order valence-corrected chi connectivity index (χ4v) is 1.71. The van der Waals surface area contributed by atoms with E-state index in [0.29, 0.717) is 18.0 Å². The van der Waals surface area contributed by atoms with Crippen LogP contribution in [-0.4, -0.2) is 23.2 Å². The summed E-state index contributed by atoms with van der Waals surface area (Å²) in [7, 11) is 1.64. The van der Waals surface area contributed by atoms with Crippen molar-refractivity contribution in [3.8, 4) is 0 Å². The molecule has 1 aromatic heterocycles. The zero-order chi connectivity index (χ0) is 13.8. The Morgan fingerprint density at radius 3 is 2.53 bits per heavy atom. The van der Waals surface area contributed by atoms with Crippen molar-refractivity contribution in [2.45, 2.75) is 20.5 Å². The first kappa shape index (κ1) is 13.3. The molecule has 0 aliphatic carbocycles. The molecule has 0 unspecified atom stereocenters. The van der Waals surface area contributed by atoms with Gasteiger partial charge in [0.15, 0.2) is 5.82 Å². The van der Waals surface area contributed by atoms with Crippen molar-refractivity contribution in [3.05, 3.63) is 46.6 Å². The number of carbonyl (C=O) groups is 1. The Morgan fingerprint density at radius 2 is 2.00 bits per heavy atom. The fourth-order valence-electron chi connectivity index (χ4n) is 1.71. The smallest absolute Gasteiger partial charge is 0.256 e. The summed E-state index contributed by atoms with van der Waals surface area (Å²) < 4.78 is 5.03. The molecule has 0 aliphatic rings. The molecule has 19 heavy (non-hydrogen) atoms. The van der Waals surface area contributed by atoms with Gasteiger partial charge in [0, 0.05) is 23.9 Å². The van der Waals surface area contributed by atoms with Gasteiger partial charge in [-0.25, -0.2) is 0 Å². The summed E-state index contributed by atoms with van der Waals surface area (Å²) in [5.41, 5.74) is 3.53. The summed E-state index contributed by atoms with van der Waals surface area (Å²) in [6.45, 7) is 4.37. The molecule has 1 aromatic carbocycles. The third-order valence-electron chi connectivity index (χ3n) is 3.01. The zero-order valence-electron chi connectivity index (χ0n) is 11.3. The standard InChI is InChI=1S/C14H17N3O2/c1-9-10(2)16-17-13(9)15-14(18)12-6-4-11(5-7-12)8-19-3/h4-7H,8H2,1-3H3,(H2,15,16,17,18). The minimum atomic E-state index is -0.168. The molecule has 0 saturated carbocycles. The first-order valence-corrected chi connectivity index (χ1v) is 6.02. The second-order valence-corrected chi connectivity index (χ2v) is 4.41. The number of methoxy groups -OCH3 is 1. The largest absolute Gasteiger partial charge is 0.380 e. The molecular weight excluding hydrogens is 242 g/mol. The van der Waals surface area contributed by atoms with Crippen molar-refractivity contribution in [1.29, 1.82) is 0 Å². The van der Waals surface area contributed by atoms with Crippen molar-refractivity contribution in [2.24, 2.45) is 0 Å². The van der Waals surface area contributed by atoms with Gasteiger partial charge < -0.3 is 10.1 Å². The molecule has 0 aliphatic heterocycles. The topological polar surface area (TPSA) is 67.0 Å². The number of aromatic nitrogens is 2. The normalized spacial score (nSPS) is 10.5. The average molecular weight is 259 g/mol. The van der Waals surface area contributed by atoms with Gasteiger partial charge in [-0.3, -0.25) is 9.89 Å². The fraction of sp³-hybridized carbons (Fsp3) is 0.286. The first-order valence-electron chi connectivity index (χ1n) is 6.02. The van der Waals surface area contributed by atoms with Crippen LogP contribution >= 0.6 is 0 Å². The van der Waals surface area contributed by atoms with Gasteiger partial charge in [-0.1, -0.05) is 12.1 Å². The van der Waals surface area contributed by atoms with Crippen molar-refractivity contribution >= 4 is 11.7 Å². The number of amides is 1. The van der Waals surface area contributed by atoms with Gasteiger partial charge in [-0.05, 0) is 31.5 Å². The molecule has 5 heteroatoms. The van der Waals surface area contributed by atoms with E-state index >= 15 is 0 Å². The SMILES string of the molecule is COCc1ccc(C(=O)Nc2n[nH]c(C)c2C)cc1. The monoisotopic (exact) mass is 259 g/mol. The Balaban J connectivity index is 2.09. The minimum absolute atomic E-state index is 0.168. The summed E-state index contributed by atoms with van der Waals surface area (Å²) in [5, 5.41) is 9.68. The van der Waals surface area contributed by atoms with Gasteiger partial charge in [-0.2, -0.15) is 5.10 Å². The molecule has 0 atom stereocenters. The molecular formula is C14H17N3O2. The molecule has 0 bridgehead atoms. The number of H-pyrrole nitrogens is 1. The van der Waals surface area contributed by atoms with Gasteiger partial charge >= 0.3 is 0 Å². The lowest BCUT2D eigenvalue weighted by molar-refractivity contribution is 0.102. The van der Waals surface area contributed by atoms with E-state index in [9.17, 15) is 4.79 Å². The maximum absolute atomic E-state index is 12.0. The molecule has 1 amide bonds.